The van der Waals surface area contributed by atoms with Crippen molar-refractivity contribution in [2.45, 2.75) is 0 Å². The number of imidazole rings is 1. The lowest BCUT2D eigenvalue weighted by Gasteiger charge is -2.37. The van der Waals surface area contributed by atoms with Crippen molar-refractivity contribution in [1.82, 2.24) is 19.5 Å². The quantitative estimate of drug-likeness (QED) is 0.236. The predicted octanol–water partition coefficient (Wildman–Crippen LogP) is 2.49. The summed E-state index contributed by atoms with van der Waals surface area (Å²) in [6.45, 7) is 2.95. The van der Waals surface area contributed by atoms with Gasteiger partial charge in [0.05, 0.1) is 35.2 Å². The van der Waals surface area contributed by atoms with Crippen molar-refractivity contribution in [3.8, 4) is 17.3 Å². The van der Waals surface area contributed by atoms with Crippen LogP contribution in [-0.2, 0) is 0 Å². The molecule has 12 nitrogen and oxygen atoms in total. The highest BCUT2D eigenvalue weighted by Crippen LogP contribution is 2.34. The SMILES string of the molecule is COc1ccccc1-n1c(O)c(C=Nc2cc3[nH]c(=O)[nH]c3cc2N2CCN(c3ccccc3)CC2)c(=O)[nH]c1=O. The number of benzene rings is 3. The molecule has 41 heavy (non-hydrogen) atoms. The molecule has 0 unspecified atom stereocenters. The van der Waals surface area contributed by atoms with Crippen molar-refractivity contribution in [3.63, 3.8) is 0 Å². The molecule has 1 saturated heterocycles. The lowest BCUT2D eigenvalue weighted by molar-refractivity contribution is 0.401. The first-order chi connectivity index (χ1) is 19.9. The molecule has 3 heterocycles. The van der Waals surface area contributed by atoms with Crippen LogP contribution in [-0.4, -0.2) is 64.1 Å². The van der Waals surface area contributed by atoms with E-state index in [1.807, 2.05) is 24.3 Å². The van der Waals surface area contributed by atoms with Crippen LogP contribution in [0.1, 0.15) is 5.56 Å². The van der Waals surface area contributed by atoms with E-state index in [-0.39, 0.29) is 16.9 Å². The minimum Gasteiger partial charge on any atom is -0.495 e. The van der Waals surface area contributed by atoms with E-state index in [4.69, 9.17) is 4.74 Å². The van der Waals surface area contributed by atoms with Crippen LogP contribution >= 0.6 is 0 Å². The summed E-state index contributed by atoms with van der Waals surface area (Å²) in [7, 11) is 1.44. The zero-order chi connectivity index (χ0) is 28.5. The standard InChI is InChI=1S/C29H27N7O5/c1-41-25-10-6-5-9-23(25)36-27(38)19(26(37)33-29(36)40)17-30-22-15-20-21(32-28(39)31-20)16-24(22)35-13-11-34(12-14-35)18-7-3-2-4-8-18/h2-10,15-17,38H,11-14H2,1H3,(H2,31,32,39)(H,33,37,40). The number of hydrogen-bond donors (Lipinski definition) is 4. The Morgan fingerprint density at radius 3 is 2.22 bits per heavy atom. The third-order valence-electron chi connectivity index (χ3n) is 7.13. The zero-order valence-corrected chi connectivity index (χ0v) is 22.1. The Labute approximate surface area is 232 Å². The number of aromatic amines is 3. The van der Waals surface area contributed by atoms with Gasteiger partial charge in [0, 0.05) is 38.1 Å². The fourth-order valence-electron chi connectivity index (χ4n) is 5.09. The topological polar surface area (TPSA) is 152 Å². The molecule has 208 valence electrons. The van der Waals surface area contributed by atoms with Crippen molar-refractivity contribution in [3.05, 3.63) is 104 Å². The average molecular weight is 554 g/mol. The van der Waals surface area contributed by atoms with Crippen LogP contribution in [0.25, 0.3) is 16.7 Å². The number of hydrogen-bond acceptors (Lipinski definition) is 8. The molecule has 1 fully saturated rings. The van der Waals surface area contributed by atoms with Gasteiger partial charge in [-0.05, 0) is 36.4 Å². The number of rotatable bonds is 6. The maximum Gasteiger partial charge on any atom is 0.335 e. The van der Waals surface area contributed by atoms with E-state index in [9.17, 15) is 19.5 Å². The Morgan fingerprint density at radius 2 is 1.49 bits per heavy atom. The number of nitrogens with one attached hydrogen (secondary N) is 3. The first-order valence-corrected chi connectivity index (χ1v) is 13.0. The molecule has 0 atom stereocenters. The largest absolute Gasteiger partial charge is 0.495 e. The molecule has 6 rings (SSSR count). The number of fused-ring (bicyclic) bond motifs is 1. The third kappa shape index (κ3) is 4.86. The Bertz CT molecular complexity index is 1930. The van der Waals surface area contributed by atoms with E-state index in [1.165, 1.54) is 13.3 Å². The van der Waals surface area contributed by atoms with Gasteiger partial charge >= 0.3 is 11.4 Å². The molecule has 0 spiro atoms. The summed E-state index contributed by atoms with van der Waals surface area (Å²) < 4.78 is 6.29. The van der Waals surface area contributed by atoms with Crippen molar-refractivity contribution in [2.24, 2.45) is 4.99 Å². The van der Waals surface area contributed by atoms with E-state index in [0.29, 0.717) is 35.6 Å². The first-order valence-electron chi connectivity index (χ1n) is 13.0. The van der Waals surface area contributed by atoms with Crippen LogP contribution in [0.15, 0.2) is 86.1 Å². The highest BCUT2D eigenvalue weighted by molar-refractivity contribution is 5.91. The molecule has 0 radical (unpaired) electrons. The normalized spacial score (nSPS) is 13.8. The predicted molar refractivity (Wildman–Crippen MR) is 158 cm³/mol. The fourth-order valence-corrected chi connectivity index (χ4v) is 5.09. The van der Waals surface area contributed by atoms with Gasteiger partial charge in [-0.15, -0.1) is 0 Å². The first kappa shape index (κ1) is 25.7. The molecule has 0 bridgehead atoms. The molecule has 3 aromatic carbocycles. The minimum absolute atomic E-state index is 0.210. The summed E-state index contributed by atoms with van der Waals surface area (Å²) in [5.41, 5.74) is 1.64. The van der Waals surface area contributed by atoms with Gasteiger partial charge in [-0.3, -0.25) is 14.8 Å². The van der Waals surface area contributed by atoms with Gasteiger partial charge in [0.2, 0.25) is 5.88 Å². The molecular formula is C29H27N7O5. The Balaban J connectivity index is 1.39. The number of aromatic hydroxyl groups is 1. The number of ether oxygens (including phenoxy) is 1. The monoisotopic (exact) mass is 553 g/mol. The summed E-state index contributed by atoms with van der Waals surface area (Å²) in [6.07, 6.45) is 1.22. The summed E-state index contributed by atoms with van der Waals surface area (Å²) in [5, 5.41) is 11.1. The smallest absolute Gasteiger partial charge is 0.335 e. The molecular weight excluding hydrogens is 526 g/mol. The van der Waals surface area contributed by atoms with E-state index in [1.54, 1.807) is 30.3 Å². The summed E-state index contributed by atoms with van der Waals surface area (Å²) in [5.74, 6) is -0.250. The highest BCUT2D eigenvalue weighted by Gasteiger charge is 2.21. The summed E-state index contributed by atoms with van der Waals surface area (Å²) in [6, 6.07) is 20.4. The second kappa shape index (κ2) is 10.6. The molecule has 12 heteroatoms. The second-order valence-electron chi connectivity index (χ2n) is 9.54. The molecule has 5 aromatic rings. The van der Waals surface area contributed by atoms with Crippen LogP contribution in [0.3, 0.4) is 0 Å². The van der Waals surface area contributed by atoms with Gasteiger partial charge in [-0.1, -0.05) is 30.3 Å². The molecule has 1 aliphatic heterocycles. The van der Waals surface area contributed by atoms with Crippen LogP contribution in [0.5, 0.6) is 11.6 Å². The van der Waals surface area contributed by atoms with Crippen LogP contribution < -0.4 is 31.5 Å². The summed E-state index contributed by atoms with van der Waals surface area (Å²) >= 11 is 0. The molecule has 1 aliphatic rings. The van der Waals surface area contributed by atoms with Gasteiger partial charge in [0.15, 0.2) is 0 Å². The zero-order valence-electron chi connectivity index (χ0n) is 22.1. The molecule has 0 amide bonds. The van der Waals surface area contributed by atoms with E-state index >= 15 is 0 Å². The van der Waals surface area contributed by atoms with Crippen LogP contribution in [0.2, 0.25) is 0 Å². The average Bonchev–Trinajstić information content (AvgIpc) is 3.36. The van der Waals surface area contributed by atoms with Gasteiger partial charge < -0.3 is 29.6 Å². The number of aromatic nitrogens is 4. The Kier molecular flexibility index (Phi) is 6.63. The number of H-pyrrole nitrogens is 3. The lowest BCUT2D eigenvalue weighted by atomic mass is 10.1. The lowest BCUT2D eigenvalue weighted by Crippen LogP contribution is -2.46. The van der Waals surface area contributed by atoms with E-state index < -0.39 is 17.1 Å². The van der Waals surface area contributed by atoms with Gasteiger partial charge in [-0.25, -0.2) is 14.2 Å². The molecule has 4 N–H and O–H groups in total. The van der Waals surface area contributed by atoms with Gasteiger partial charge in [-0.2, -0.15) is 0 Å². The molecule has 0 aliphatic carbocycles. The highest BCUT2D eigenvalue weighted by atomic mass is 16.5. The van der Waals surface area contributed by atoms with E-state index in [0.717, 1.165) is 29.0 Å². The van der Waals surface area contributed by atoms with Crippen LogP contribution in [0, 0.1) is 0 Å². The van der Waals surface area contributed by atoms with Gasteiger partial charge in [0.25, 0.3) is 5.56 Å². The fraction of sp³-hybridized carbons (Fsp3) is 0.172. The second-order valence-corrected chi connectivity index (χ2v) is 9.54. The van der Waals surface area contributed by atoms with Gasteiger partial charge in [0.1, 0.15) is 11.3 Å². The van der Waals surface area contributed by atoms with Crippen molar-refractivity contribution >= 4 is 34.3 Å². The summed E-state index contributed by atoms with van der Waals surface area (Å²) in [4.78, 5) is 54.3. The minimum atomic E-state index is -0.822. The Hall–Kier alpha value is -5.52. The number of piperazine rings is 1. The number of anilines is 2. The maximum absolute atomic E-state index is 12.8. The number of methoxy groups -OCH3 is 1. The van der Waals surface area contributed by atoms with Crippen LogP contribution in [0.4, 0.5) is 17.1 Å². The number of nitrogens with zero attached hydrogens (tertiary/aromatic N) is 4. The molecule has 2 aromatic heterocycles. The maximum atomic E-state index is 12.8. The Morgan fingerprint density at radius 1 is 0.829 bits per heavy atom. The number of para-hydroxylation sites is 3. The van der Waals surface area contributed by atoms with Crippen molar-refractivity contribution < 1.29 is 9.84 Å². The van der Waals surface area contributed by atoms with Crippen molar-refractivity contribution in [2.75, 3.05) is 43.1 Å². The number of aliphatic imine (C=N–C) groups is 1. The van der Waals surface area contributed by atoms with E-state index in [2.05, 4.69) is 41.9 Å². The third-order valence-corrected chi connectivity index (χ3v) is 7.13. The molecule has 0 saturated carbocycles. The van der Waals surface area contributed by atoms with Crippen molar-refractivity contribution in [1.29, 1.82) is 0 Å².